The summed E-state index contributed by atoms with van der Waals surface area (Å²) in [5.41, 5.74) is 7.42. The predicted octanol–water partition coefficient (Wildman–Crippen LogP) is 1.96. The Hall–Kier alpha value is -1.16. The average molecular weight is 211 g/mol. The molecule has 3 N–H and O–H groups in total. The van der Waals surface area contributed by atoms with Crippen LogP contribution in [0.5, 0.6) is 0 Å². The van der Waals surface area contributed by atoms with Crippen molar-refractivity contribution >= 4 is 24.3 Å². The number of carboxylic acid groups (broad SMARTS) is 1. The van der Waals surface area contributed by atoms with E-state index in [0.29, 0.717) is 18.5 Å². The summed E-state index contributed by atoms with van der Waals surface area (Å²) in [5.74, 6) is -0.769. The number of benzene rings is 1. The fourth-order valence-electron chi connectivity index (χ4n) is 1.24. The average Bonchev–Trinajstić information content (AvgIpc) is 2.08. The fraction of sp³-hybridized carbons (Fsp3) is 0.300. The number of carboxylic acids is 1. The van der Waals surface area contributed by atoms with Crippen LogP contribution in [0.15, 0.2) is 23.1 Å². The van der Waals surface area contributed by atoms with Crippen LogP contribution in [0, 0.1) is 0 Å². The Kier molecular flexibility index (Phi) is 3.83. The third-order valence-corrected chi connectivity index (χ3v) is 2.24. The molecule has 0 unspecified atom stereocenters. The van der Waals surface area contributed by atoms with Gasteiger partial charge in [-0.2, -0.15) is 0 Å². The minimum Gasteiger partial charge on any atom is -0.481 e. The van der Waals surface area contributed by atoms with Crippen molar-refractivity contribution in [1.82, 2.24) is 0 Å². The summed E-state index contributed by atoms with van der Waals surface area (Å²) in [4.78, 5) is 11.1. The molecular weight excluding hydrogens is 198 g/mol. The summed E-state index contributed by atoms with van der Waals surface area (Å²) in [5, 5.41) is 8.46. The van der Waals surface area contributed by atoms with Crippen LogP contribution in [0.3, 0.4) is 0 Å². The molecule has 0 heterocycles. The van der Waals surface area contributed by atoms with Gasteiger partial charge in [0.05, 0.1) is 0 Å². The van der Waals surface area contributed by atoms with E-state index in [0.717, 1.165) is 10.5 Å². The van der Waals surface area contributed by atoms with E-state index in [1.165, 1.54) is 0 Å². The number of rotatable bonds is 4. The lowest BCUT2D eigenvalue weighted by molar-refractivity contribution is -0.137. The minimum absolute atomic E-state index is 0.183. The van der Waals surface area contributed by atoms with Gasteiger partial charge in [0.15, 0.2) is 0 Å². The molecule has 0 aliphatic carbocycles. The highest BCUT2D eigenvalue weighted by molar-refractivity contribution is 7.80. The van der Waals surface area contributed by atoms with Crippen molar-refractivity contribution in [2.45, 2.75) is 24.2 Å². The van der Waals surface area contributed by atoms with Crippen LogP contribution in [0.2, 0.25) is 0 Å². The maximum atomic E-state index is 10.3. The van der Waals surface area contributed by atoms with E-state index in [1.54, 1.807) is 6.07 Å². The Morgan fingerprint density at radius 2 is 2.21 bits per heavy atom. The van der Waals surface area contributed by atoms with Crippen molar-refractivity contribution in [3.63, 3.8) is 0 Å². The number of aryl methyl sites for hydroxylation is 1. The van der Waals surface area contributed by atoms with Gasteiger partial charge in [-0.3, -0.25) is 4.79 Å². The van der Waals surface area contributed by atoms with Gasteiger partial charge in [-0.1, -0.05) is 6.07 Å². The molecule has 1 rings (SSSR count). The Morgan fingerprint density at radius 1 is 1.50 bits per heavy atom. The Labute approximate surface area is 88.3 Å². The minimum atomic E-state index is -0.769. The first-order chi connectivity index (χ1) is 6.59. The predicted molar refractivity (Wildman–Crippen MR) is 58.7 cm³/mol. The lowest BCUT2D eigenvalue weighted by Gasteiger charge is -2.04. The summed E-state index contributed by atoms with van der Waals surface area (Å²) in [6, 6.07) is 5.52. The van der Waals surface area contributed by atoms with Crippen molar-refractivity contribution < 1.29 is 9.90 Å². The summed E-state index contributed by atoms with van der Waals surface area (Å²) < 4.78 is 0. The standard InChI is InChI=1S/C10H13NO2S/c11-9-6-8(14)5-4-7(9)2-1-3-10(12)13/h4-6,14H,1-3,11H2,(H,12,13). The maximum absolute atomic E-state index is 10.3. The third kappa shape index (κ3) is 3.30. The molecule has 4 heteroatoms. The van der Waals surface area contributed by atoms with Crippen LogP contribution in [0.1, 0.15) is 18.4 Å². The van der Waals surface area contributed by atoms with Gasteiger partial charge in [0.1, 0.15) is 0 Å². The smallest absolute Gasteiger partial charge is 0.303 e. The molecule has 0 aromatic heterocycles. The first-order valence-electron chi connectivity index (χ1n) is 4.39. The van der Waals surface area contributed by atoms with Gasteiger partial charge in [-0.15, -0.1) is 12.6 Å². The second-order valence-electron chi connectivity index (χ2n) is 3.13. The van der Waals surface area contributed by atoms with Crippen LogP contribution in [0.25, 0.3) is 0 Å². The zero-order chi connectivity index (χ0) is 10.6. The van der Waals surface area contributed by atoms with E-state index < -0.39 is 5.97 Å². The molecule has 0 spiro atoms. The molecule has 1 aromatic carbocycles. The van der Waals surface area contributed by atoms with Crippen LogP contribution in [-0.2, 0) is 11.2 Å². The number of hydrogen-bond acceptors (Lipinski definition) is 3. The van der Waals surface area contributed by atoms with Crippen LogP contribution in [-0.4, -0.2) is 11.1 Å². The lowest BCUT2D eigenvalue weighted by atomic mass is 10.1. The molecular formula is C10H13NO2S. The molecule has 0 saturated heterocycles. The number of thiol groups is 1. The first-order valence-corrected chi connectivity index (χ1v) is 4.83. The molecule has 0 amide bonds. The van der Waals surface area contributed by atoms with E-state index >= 15 is 0 Å². The highest BCUT2D eigenvalue weighted by Crippen LogP contribution is 2.18. The van der Waals surface area contributed by atoms with Crippen molar-refractivity contribution in [2.75, 3.05) is 5.73 Å². The van der Waals surface area contributed by atoms with Crippen LogP contribution >= 0.6 is 12.6 Å². The zero-order valence-corrected chi connectivity index (χ0v) is 8.63. The highest BCUT2D eigenvalue weighted by Gasteiger charge is 2.01. The van der Waals surface area contributed by atoms with Crippen molar-refractivity contribution in [1.29, 1.82) is 0 Å². The second-order valence-corrected chi connectivity index (χ2v) is 3.65. The molecule has 0 radical (unpaired) electrons. The van der Waals surface area contributed by atoms with Gasteiger partial charge in [-0.05, 0) is 30.5 Å². The molecule has 0 saturated carbocycles. The molecule has 3 nitrogen and oxygen atoms in total. The number of hydrogen-bond donors (Lipinski definition) is 3. The maximum Gasteiger partial charge on any atom is 0.303 e. The molecule has 1 aromatic rings. The molecule has 76 valence electrons. The number of anilines is 1. The van der Waals surface area contributed by atoms with Crippen molar-refractivity contribution in [3.8, 4) is 0 Å². The van der Waals surface area contributed by atoms with Crippen LogP contribution < -0.4 is 5.73 Å². The largest absolute Gasteiger partial charge is 0.481 e. The van der Waals surface area contributed by atoms with Gasteiger partial charge < -0.3 is 10.8 Å². The number of carbonyl (C=O) groups is 1. The van der Waals surface area contributed by atoms with Crippen molar-refractivity contribution in [2.24, 2.45) is 0 Å². The second kappa shape index (κ2) is 4.91. The number of nitrogen functional groups attached to an aromatic ring is 1. The molecule has 0 aliphatic rings. The normalized spacial score (nSPS) is 10.1. The quantitative estimate of drug-likeness (QED) is 0.527. The van der Waals surface area contributed by atoms with Gasteiger partial charge in [0.2, 0.25) is 0 Å². The van der Waals surface area contributed by atoms with Crippen molar-refractivity contribution in [3.05, 3.63) is 23.8 Å². The van der Waals surface area contributed by atoms with E-state index in [1.807, 2.05) is 12.1 Å². The molecule has 0 aliphatic heterocycles. The van der Waals surface area contributed by atoms with E-state index in [2.05, 4.69) is 12.6 Å². The summed E-state index contributed by atoms with van der Waals surface area (Å²) >= 11 is 4.15. The Morgan fingerprint density at radius 3 is 2.79 bits per heavy atom. The molecule has 0 atom stereocenters. The number of nitrogens with two attached hydrogens (primary N) is 1. The summed E-state index contributed by atoms with van der Waals surface area (Å²) in [6.45, 7) is 0. The van der Waals surface area contributed by atoms with Gasteiger partial charge in [0.25, 0.3) is 0 Å². The van der Waals surface area contributed by atoms with Gasteiger partial charge in [-0.25, -0.2) is 0 Å². The fourth-order valence-corrected chi connectivity index (χ4v) is 1.45. The molecule has 14 heavy (non-hydrogen) atoms. The first kappa shape index (κ1) is 10.9. The molecule has 0 fully saturated rings. The summed E-state index contributed by atoms with van der Waals surface area (Å²) in [6.07, 6.45) is 1.50. The Balaban J connectivity index is 2.55. The lowest BCUT2D eigenvalue weighted by Crippen LogP contribution is -1.98. The van der Waals surface area contributed by atoms with E-state index in [4.69, 9.17) is 10.8 Å². The van der Waals surface area contributed by atoms with Gasteiger partial charge >= 0.3 is 5.97 Å². The summed E-state index contributed by atoms with van der Waals surface area (Å²) in [7, 11) is 0. The monoisotopic (exact) mass is 211 g/mol. The highest BCUT2D eigenvalue weighted by atomic mass is 32.1. The molecule has 0 bridgehead atoms. The SMILES string of the molecule is Nc1cc(S)ccc1CCCC(=O)O. The van der Waals surface area contributed by atoms with Crippen LogP contribution in [0.4, 0.5) is 5.69 Å². The topological polar surface area (TPSA) is 63.3 Å². The zero-order valence-electron chi connectivity index (χ0n) is 7.73. The number of aliphatic carboxylic acids is 1. The Bertz CT molecular complexity index is 339. The third-order valence-electron chi connectivity index (χ3n) is 1.97. The van der Waals surface area contributed by atoms with E-state index in [9.17, 15) is 4.79 Å². The van der Waals surface area contributed by atoms with Gasteiger partial charge in [0, 0.05) is 17.0 Å². The van der Waals surface area contributed by atoms with E-state index in [-0.39, 0.29) is 6.42 Å².